The molecular weight excluding hydrogens is 380 g/mol. The van der Waals surface area contributed by atoms with Crippen LogP contribution in [0.1, 0.15) is 16.7 Å². The predicted octanol–water partition coefficient (Wildman–Crippen LogP) is 7.22. The lowest BCUT2D eigenvalue weighted by Gasteiger charge is -2.09. The van der Waals surface area contributed by atoms with Gasteiger partial charge in [-0.2, -0.15) is 0 Å². The van der Waals surface area contributed by atoms with E-state index in [4.69, 9.17) is 11.0 Å². The minimum Gasteiger partial charge on any atom is -0.466 e. The van der Waals surface area contributed by atoms with Crippen LogP contribution in [0.25, 0.3) is 49.2 Å². The van der Waals surface area contributed by atoms with E-state index in [1.807, 2.05) is 25.4 Å². The second-order valence-corrected chi connectivity index (χ2v) is 8.20. The second kappa shape index (κ2) is 7.11. The molecule has 150 valence electrons. The molecule has 0 N–H and O–H groups in total. The third kappa shape index (κ3) is 2.92. The SMILES string of the molecule is [C-]#[N+]c1c(-c2ccc(C)cc2C)ccc2c1oc1c(-c3cccc[n+]3C)c(C)ccc12. The Labute approximate surface area is 182 Å². The van der Waals surface area contributed by atoms with E-state index in [0.29, 0.717) is 11.3 Å². The van der Waals surface area contributed by atoms with Crippen LogP contribution < -0.4 is 4.57 Å². The maximum absolute atomic E-state index is 7.96. The highest BCUT2D eigenvalue weighted by Gasteiger charge is 2.22. The Bertz CT molecular complexity index is 1530. The molecule has 3 aromatic carbocycles. The van der Waals surface area contributed by atoms with Crippen LogP contribution in [-0.2, 0) is 7.05 Å². The summed E-state index contributed by atoms with van der Waals surface area (Å²) < 4.78 is 8.60. The first kappa shape index (κ1) is 19.1. The van der Waals surface area contributed by atoms with Crippen LogP contribution in [0.15, 0.2) is 71.3 Å². The summed E-state index contributed by atoms with van der Waals surface area (Å²) in [6, 6.07) is 20.9. The van der Waals surface area contributed by atoms with Gasteiger partial charge in [0.05, 0.1) is 12.1 Å². The summed E-state index contributed by atoms with van der Waals surface area (Å²) >= 11 is 0. The molecular formula is C28H23N2O+. The fourth-order valence-electron chi connectivity index (χ4n) is 4.53. The largest absolute Gasteiger partial charge is 0.466 e. The Balaban J connectivity index is 1.87. The quantitative estimate of drug-likeness (QED) is 0.225. The Kier molecular flexibility index (Phi) is 4.38. The number of aryl methyl sites for hydroxylation is 4. The number of rotatable bonds is 2. The Morgan fingerprint density at radius 2 is 1.55 bits per heavy atom. The van der Waals surface area contributed by atoms with Crippen LogP contribution in [0.3, 0.4) is 0 Å². The van der Waals surface area contributed by atoms with Gasteiger partial charge in [-0.3, -0.25) is 0 Å². The zero-order valence-corrected chi connectivity index (χ0v) is 18.2. The third-order valence-corrected chi connectivity index (χ3v) is 6.09. The summed E-state index contributed by atoms with van der Waals surface area (Å²) in [6.07, 6.45) is 2.04. The van der Waals surface area contributed by atoms with Crippen LogP contribution in [0, 0.1) is 27.3 Å². The molecule has 0 bridgehead atoms. The summed E-state index contributed by atoms with van der Waals surface area (Å²) in [7, 11) is 2.04. The van der Waals surface area contributed by atoms with E-state index in [0.717, 1.165) is 49.9 Å². The van der Waals surface area contributed by atoms with Gasteiger partial charge in [0.1, 0.15) is 18.2 Å². The van der Waals surface area contributed by atoms with Gasteiger partial charge >= 0.3 is 0 Å². The van der Waals surface area contributed by atoms with E-state index in [9.17, 15) is 0 Å². The average Bonchev–Trinajstić information content (AvgIpc) is 3.12. The first-order valence-electron chi connectivity index (χ1n) is 10.4. The highest BCUT2D eigenvalue weighted by atomic mass is 16.3. The van der Waals surface area contributed by atoms with Crippen molar-refractivity contribution >= 4 is 27.6 Å². The van der Waals surface area contributed by atoms with Crippen LogP contribution in [0.5, 0.6) is 0 Å². The molecule has 0 aliphatic rings. The lowest BCUT2D eigenvalue weighted by atomic mass is 9.95. The Hall–Kier alpha value is -3.90. The van der Waals surface area contributed by atoms with Gasteiger partial charge in [-0.15, -0.1) is 0 Å². The van der Waals surface area contributed by atoms with Crippen molar-refractivity contribution in [1.82, 2.24) is 0 Å². The molecule has 2 heterocycles. The van der Waals surface area contributed by atoms with Gasteiger partial charge in [-0.05, 0) is 49.1 Å². The maximum atomic E-state index is 7.96. The van der Waals surface area contributed by atoms with E-state index in [1.54, 1.807) is 0 Å². The highest BCUT2D eigenvalue weighted by molar-refractivity contribution is 6.15. The molecule has 0 spiro atoms. The number of nitrogens with zero attached hydrogens (tertiary/aromatic N) is 2. The molecule has 0 atom stereocenters. The Morgan fingerprint density at radius 3 is 2.29 bits per heavy atom. The standard InChI is InChI=1S/C28H23N2O/c1-17-9-11-20(19(3)16-17)21-13-14-23-22-12-10-18(2)25(24-8-6-7-15-30(24)5)27(22)31-28(23)26(21)29-4/h6-16H,1-3,5H3/q+1. The number of pyridine rings is 1. The van der Waals surface area contributed by atoms with Crippen LogP contribution >= 0.6 is 0 Å². The van der Waals surface area contributed by atoms with E-state index >= 15 is 0 Å². The maximum Gasteiger partial charge on any atom is 0.237 e. The number of benzene rings is 3. The van der Waals surface area contributed by atoms with Crippen LogP contribution in [0.2, 0.25) is 0 Å². The van der Waals surface area contributed by atoms with Crippen LogP contribution in [0.4, 0.5) is 5.69 Å². The van der Waals surface area contributed by atoms with Crippen molar-refractivity contribution < 1.29 is 8.98 Å². The van der Waals surface area contributed by atoms with Crippen molar-refractivity contribution in [1.29, 1.82) is 0 Å². The van der Waals surface area contributed by atoms with Crippen LogP contribution in [-0.4, -0.2) is 0 Å². The van der Waals surface area contributed by atoms with Crippen molar-refractivity contribution in [2.24, 2.45) is 7.05 Å². The zero-order valence-electron chi connectivity index (χ0n) is 18.2. The van der Waals surface area contributed by atoms with Crippen molar-refractivity contribution in [3.05, 3.63) is 95.0 Å². The molecule has 3 nitrogen and oxygen atoms in total. The van der Waals surface area contributed by atoms with Crippen molar-refractivity contribution in [3.63, 3.8) is 0 Å². The van der Waals surface area contributed by atoms with E-state index in [-0.39, 0.29) is 0 Å². The monoisotopic (exact) mass is 403 g/mol. The van der Waals surface area contributed by atoms with Gasteiger partial charge in [0, 0.05) is 22.9 Å². The van der Waals surface area contributed by atoms with E-state index in [1.165, 1.54) is 5.56 Å². The van der Waals surface area contributed by atoms with Crippen molar-refractivity contribution in [3.8, 4) is 22.4 Å². The molecule has 5 rings (SSSR count). The zero-order chi connectivity index (χ0) is 21.7. The highest BCUT2D eigenvalue weighted by Crippen LogP contribution is 2.44. The van der Waals surface area contributed by atoms with Gasteiger partial charge in [-0.1, -0.05) is 48.0 Å². The fourth-order valence-corrected chi connectivity index (χ4v) is 4.53. The van der Waals surface area contributed by atoms with Crippen molar-refractivity contribution in [2.45, 2.75) is 20.8 Å². The lowest BCUT2D eigenvalue weighted by Crippen LogP contribution is -2.30. The molecule has 0 radical (unpaired) electrons. The summed E-state index contributed by atoms with van der Waals surface area (Å²) in [6.45, 7) is 14.2. The summed E-state index contributed by atoms with van der Waals surface area (Å²) in [5.41, 5.74) is 9.73. The number of furan rings is 1. The summed E-state index contributed by atoms with van der Waals surface area (Å²) in [4.78, 5) is 3.93. The minimum atomic E-state index is 0.571. The number of fused-ring (bicyclic) bond motifs is 3. The minimum absolute atomic E-state index is 0.571. The normalized spacial score (nSPS) is 11.2. The molecule has 5 aromatic rings. The average molecular weight is 404 g/mol. The van der Waals surface area contributed by atoms with E-state index < -0.39 is 0 Å². The first-order chi connectivity index (χ1) is 15.0. The molecule has 0 saturated heterocycles. The third-order valence-electron chi connectivity index (χ3n) is 6.09. The van der Waals surface area contributed by atoms with E-state index in [2.05, 4.69) is 78.7 Å². The molecule has 0 unspecified atom stereocenters. The fraction of sp³-hybridized carbons (Fsp3) is 0.143. The van der Waals surface area contributed by atoms with Gasteiger partial charge in [0.25, 0.3) is 0 Å². The molecule has 2 aromatic heterocycles. The van der Waals surface area contributed by atoms with Gasteiger partial charge < -0.3 is 4.42 Å². The summed E-state index contributed by atoms with van der Waals surface area (Å²) in [5.74, 6) is 0. The topological polar surface area (TPSA) is 21.4 Å². The lowest BCUT2D eigenvalue weighted by molar-refractivity contribution is -0.660. The van der Waals surface area contributed by atoms with Gasteiger partial charge in [0.2, 0.25) is 11.4 Å². The van der Waals surface area contributed by atoms with Gasteiger partial charge in [0.15, 0.2) is 6.20 Å². The molecule has 0 saturated carbocycles. The smallest absolute Gasteiger partial charge is 0.237 e. The van der Waals surface area contributed by atoms with Crippen molar-refractivity contribution in [2.75, 3.05) is 0 Å². The summed E-state index contributed by atoms with van der Waals surface area (Å²) in [5, 5.41) is 2.02. The predicted molar refractivity (Wildman–Crippen MR) is 126 cm³/mol. The first-order valence-corrected chi connectivity index (χ1v) is 10.4. The number of aromatic nitrogens is 1. The molecule has 3 heteroatoms. The molecule has 0 aliphatic heterocycles. The number of hydrogen-bond acceptors (Lipinski definition) is 1. The second-order valence-electron chi connectivity index (χ2n) is 8.20. The molecule has 31 heavy (non-hydrogen) atoms. The Morgan fingerprint density at radius 1 is 0.806 bits per heavy atom. The molecule has 0 amide bonds. The molecule has 0 fully saturated rings. The van der Waals surface area contributed by atoms with Gasteiger partial charge in [-0.25, -0.2) is 9.41 Å². The number of hydrogen-bond donors (Lipinski definition) is 0. The molecule has 0 aliphatic carbocycles.